The fourth-order valence-corrected chi connectivity index (χ4v) is 1.16. The van der Waals surface area contributed by atoms with E-state index in [-0.39, 0.29) is 5.69 Å². The number of nitro groups is 2. The number of primary amides is 1. The van der Waals surface area contributed by atoms with Crippen LogP contribution in [0, 0.1) is 27.2 Å². The third kappa shape index (κ3) is 1.94. The molecule has 0 saturated carbocycles. The minimum atomic E-state index is -0.984. The summed E-state index contributed by atoms with van der Waals surface area (Å²) in [4.78, 5) is 29.8. The van der Waals surface area contributed by atoms with E-state index in [4.69, 9.17) is 5.73 Å². The van der Waals surface area contributed by atoms with E-state index in [0.717, 1.165) is 4.68 Å². The molecule has 1 amide bonds. The molecule has 10 heteroatoms. The van der Waals surface area contributed by atoms with E-state index in [1.807, 2.05) is 0 Å². The third-order valence-corrected chi connectivity index (χ3v) is 1.82. The van der Waals surface area contributed by atoms with Crippen LogP contribution < -0.4 is 5.73 Å². The molecule has 0 unspecified atom stereocenters. The molecule has 0 fully saturated rings. The summed E-state index contributed by atoms with van der Waals surface area (Å²) in [5, 5.41) is 24.4. The van der Waals surface area contributed by atoms with Crippen molar-refractivity contribution in [3.05, 3.63) is 25.9 Å². The third-order valence-electron chi connectivity index (χ3n) is 1.82. The number of aromatic nitrogens is 2. The standard InChI is InChI=1S/C6H7N5O5/c1-3-5(10(13)14)6(11(15)16)8-9(3)2-4(7)12/h2H2,1H3,(H2,7,12). The summed E-state index contributed by atoms with van der Waals surface area (Å²) in [6, 6.07) is 0. The zero-order valence-electron chi connectivity index (χ0n) is 8.11. The lowest BCUT2D eigenvalue weighted by Crippen LogP contribution is -2.20. The van der Waals surface area contributed by atoms with Crippen LogP contribution in [0.15, 0.2) is 0 Å². The van der Waals surface area contributed by atoms with Gasteiger partial charge in [0.25, 0.3) is 0 Å². The van der Waals surface area contributed by atoms with Gasteiger partial charge in [0.05, 0.1) is 10.0 Å². The number of carbonyl (C=O) groups is 1. The molecule has 0 aliphatic heterocycles. The highest BCUT2D eigenvalue weighted by Gasteiger charge is 2.35. The monoisotopic (exact) mass is 229 g/mol. The smallest absolute Gasteiger partial charge is 0.368 e. The predicted molar refractivity (Wildman–Crippen MR) is 49.5 cm³/mol. The Labute approximate surface area is 87.9 Å². The van der Waals surface area contributed by atoms with Gasteiger partial charge in [-0.05, 0) is 11.8 Å². The molecule has 86 valence electrons. The van der Waals surface area contributed by atoms with Crippen molar-refractivity contribution in [2.75, 3.05) is 0 Å². The molecular weight excluding hydrogens is 222 g/mol. The molecule has 1 rings (SSSR count). The van der Waals surface area contributed by atoms with E-state index in [2.05, 4.69) is 5.10 Å². The van der Waals surface area contributed by atoms with Crippen molar-refractivity contribution in [3.8, 4) is 0 Å². The number of hydrogen-bond donors (Lipinski definition) is 1. The van der Waals surface area contributed by atoms with Gasteiger partial charge in [-0.1, -0.05) is 0 Å². The molecule has 0 aliphatic rings. The number of amides is 1. The quantitative estimate of drug-likeness (QED) is 0.543. The number of carbonyl (C=O) groups excluding carboxylic acids is 1. The Morgan fingerprint density at radius 3 is 2.31 bits per heavy atom. The van der Waals surface area contributed by atoms with Crippen molar-refractivity contribution in [2.24, 2.45) is 5.73 Å². The van der Waals surface area contributed by atoms with E-state index >= 15 is 0 Å². The Bertz CT molecular complexity index is 478. The van der Waals surface area contributed by atoms with Crippen molar-refractivity contribution in [1.29, 1.82) is 0 Å². The Morgan fingerprint density at radius 1 is 1.44 bits per heavy atom. The lowest BCUT2D eigenvalue weighted by Gasteiger charge is -1.92. The van der Waals surface area contributed by atoms with Crippen LogP contribution in [0.3, 0.4) is 0 Å². The number of rotatable bonds is 4. The molecule has 0 bridgehead atoms. The molecule has 1 aromatic rings. The number of nitrogens with two attached hydrogens (primary N) is 1. The van der Waals surface area contributed by atoms with Crippen LogP contribution in [0.4, 0.5) is 11.5 Å². The summed E-state index contributed by atoms with van der Waals surface area (Å²) in [5.41, 5.74) is 4.05. The Hall–Kier alpha value is -2.52. The van der Waals surface area contributed by atoms with Crippen LogP contribution in [0.2, 0.25) is 0 Å². The van der Waals surface area contributed by atoms with Gasteiger partial charge in [-0.2, -0.15) is 4.68 Å². The maximum Gasteiger partial charge on any atom is 0.468 e. The summed E-state index contributed by atoms with van der Waals surface area (Å²) in [7, 11) is 0. The molecule has 0 saturated heterocycles. The van der Waals surface area contributed by atoms with Crippen molar-refractivity contribution in [3.63, 3.8) is 0 Å². The van der Waals surface area contributed by atoms with Gasteiger partial charge in [-0.25, -0.2) is 0 Å². The molecule has 0 atom stereocenters. The normalized spacial score (nSPS) is 10.1. The first-order valence-corrected chi connectivity index (χ1v) is 3.99. The molecule has 0 aliphatic carbocycles. The van der Waals surface area contributed by atoms with Crippen molar-refractivity contribution >= 4 is 17.4 Å². The summed E-state index contributed by atoms with van der Waals surface area (Å²) in [6.07, 6.45) is 0. The largest absolute Gasteiger partial charge is 0.468 e. The Balaban J connectivity index is 3.35. The van der Waals surface area contributed by atoms with Gasteiger partial charge in [0.2, 0.25) is 5.91 Å². The minimum absolute atomic E-state index is 0.0875. The average molecular weight is 229 g/mol. The predicted octanol–water partition coefficient (Wildman–Crippen LogP) is -0.507. The molecule has 2 N–H and O–H groups in total. The SMILES string of the molecule is Cc1c([N+](=O)[O-])c([N+](=O)[O-])nn1CC(N)=O. The maximum atomic E-state index is 10.6. The van der Waals surface area contributed by atoms with Gasteiger partial charge in [0.15, 0.2) is 0 Å². The number of nitrogens with zero attached hydrogens (tertiary/aromatic N) is 4. The molecule has 0 radical (unpaired) electrons. The second-order valence-electron chi connectivity index (χ2n) is 2.90. The minimum Gasteiger partial charge on any atom is -0.368 e. The van der Waals surface area contributed by atoms with E-state index in [0.29, 0.717) is 0 Å². The van der Waals surface area contributed by atoms with Crippen LogP contribution >= 0.6 is 0 Å². The van der Waals surface area contributed by atoms with E-state index in [1.165, 1.54) is 6.92 Å². The highest BCUT2D eigenvalue weighted by atomic mass is 16.6. The molecule has 0 aromatic carbocycles. The van der Waals surface area contributed by atoms with Gasteiger partial charge >= 0.3 is 11.5 Å². The number of hydrogen-bond acceptors (Lipinski definition) is 6. The van der Waals surface area contributed by atoms with Gasteiger partial charge in [0.1, 0.15) is 12.2 Å². The highest BCUT2D eigenvalue weighted by molar-refractivity contribution is 5.73. The van der Waals surface area contributed by atoms with Gasteiger partial charge in [0, 0.05) is 0 Å². The molecule has 1 aromatic heterocycles. The van der Waals surface area contributed by atoms with Crippen LogP contribution in [0.25, 0.3) is 0 Å². The second-order valence-corrected chi connectivity index (χ2v) is 2.90. The van der Waals surface area contributed by atoms with Crippen molar-refractivity contribution in [1.82, 2.24) is 9.78 Å². The van der Waals surface area contributed by atoms with E-state index < -0.39 is 33.8 Å². The van der Waals surface area contributed by atoms with Crippen molar-refractivity contribution in [2.45, 2.75) is 13.5 Å². The zero-order chi connectivity index (χ0) is 12.5. The highest BCUT2D eigenvalue weighted by Crippen LogP contribution is 2.28. The first-order valence-electron chi connectivity index (χ1n) is 3.99. The van der Waals surface area contributed by atoms with Crippen LogP contribution in [0.5, 0.6) is 0 Å². The average Bonchev–Trinajstić information content (AvgIpc) is 2.43. The lowest BCUT2D eigenvalue weighted by atomic mass is 10.4. The second kappa shape index (κ2) is 3.92. The zero-order valence-corrected chi connectivity index (χ0v) is 8.11. The first-order chi connectivity index (χ1) is 7.34. The first kappa shape index (κ1) is 11.6. The lowest BCUT2D eigenvalue weighted by molar-refractivity contribution is -0.424. The summed E-state index contributed by atoms with van der Waals surface area (Å²) in [5.74, 6) is -1.70. The topological polar surface area (TPSA) is 147 Å². The molecule has 1 heterocycles. The Morgan fingerprint density at radius 2 is 2.00 bits per heavy atom. The van der Waals surface area contributed by atoms with E-state index in [9.17, 15) is 25.0 Å². The molecule has 10 nitrogen and oxygen atoms in total. The van der Waals surface area contributed by atoms with Crippen LogP contribution in [0.1, 0.15) is 5.69 Å². The molecular formula is C6H7N5O5. The summed E-state index contributed by atoms with van der Waals surface area (Å²) >= 11 is 0. The van der Waals surface area contributed by atoms with Crippen LogP contribution in [-0.4, -0.2) is 25.5 Å². The van der Waals surface area contributed by atoms with Crippen molar-refractivity contribution < 1.29 is 14.6 Å². The Kier molecular flexibility index (Phi) is 2.83. The summed E-state index contributed by atoms with van der Waals surface area (Å²) < 4.78 is 0.832. The molecule has 16 heavy (non-hydrogen) atoms. The maximum absolute atomic E-state index is 10.6. The fraction of sp³-hybridized carbons (Fsp3) is 0.333. The van der Waals surface area contributed by atoms with E-state index in [1.54, 1.807) is 0 Å². The summed E-state index contributed by atoms with van der Waals surface area (Å²) in [6.45, 7) is 0.807. The fourth-order valence-electron chi connectivity index (χ4n) is 1.16. The van der Waals surface area contributed by atoms with Gasteiger partial charge in [-0.3, -0.25) is 14.9 Å². The molecule has 0 spiro atoms. The van der Waals surface area contributed by atoms with Crippen LogP contribution in [-0.2, 0) is 11.3 Å². The van der Waals surface area contributed by atoms with Gasteiger partial charge in [-0.15, -0.1) is 0 Å². The van der Waals surface area contributed by atoms with Gasteiger partial charge < -0.3 is 15.8 Å².